The summed E-state index contributed by atoms with van der Waals surface area (Å²) in [6.45, 7) is 2.00. The molecule has 0 aliphatic carbocycles. The van der Waals surface area contributed by atoms with Crippen molar-refractivity contribution in [1.82, 2.24) is 10.2 Å². The zero-order chi connectivity index (χ0) is 10.7. The van der Waals surface area contributed by atoms with Gasteiger partial charge in [-0.25, -0.2) is 0 Å². The maximum absolute atomic E-state index is 12.0. The average Bonchev–Trinajstić information content (AvgIpc) is 2.82. The summed E-state index contributed by atoms with van der Waals surface area (Å²) in [7, 11) is 1.90. The molecule has 1 amide bonds. The lowest BCUT2D eigenvalue weighted by molar-refractivity contribution is 0.0709. The molecule has 82 valence electrons. The second-order valence-corrected chi connectivity index (χ2v) is 4.71. The molecule has 1 aromatic heterocycles. The highest BCUT2D eigenvalue weighted by molar-refractivity contribution is 7.08. The minimum atomic E-state index is 0.143. The lowest BCUT2D eigenvalue weighted by atomic mass is 10.1. The predicted molar refractivity (Wildman–Crippen MR) is 62.3 cm³/mol. The summed E-state index contributed by atoms with van der Waals surface area (Å²) < 4.78 is 0. The van der Waals surface area contributed by atoms with Crippen molar-refractivity contribution in [3.8, 4) is 0 Å². The van der Waals surface area contributed by atoms with E-state index in [1.54, 1.807) is 11.3 Å². The SMILES string of the molecule is CN(C(=O)c1ccsc1)[C@@H]1CCCNC1. The number of thiophene rings is 1. The summed E-state index contributed by atoms with van der Waals surface area (Å²) in [4.78, 5) is 13.9. The van der Waals surface area contributed by atoms with Crippen LogP contribution in [0.25, 0.3) is 0 Å². The van der Waals surface area contributed by atoms with Crippen molar-refractivity contribution in [2.45, 2.75) is 18.9 Å². The van der Waals surface area contributed by atoms with E-state index in [0.29, 0.717) is 6.04 Å². The number of carbonyl (C=O) groups excluding carboxylic acids is 1. The van der Waals surface area contributed by atoms with Crippen LogP contribution in [0.4, 0.5) is 0 Å². The van der Waals surface area contributed by atoms with Gasteiger partial charge in [0.15, 0.2) is 0 Å². The molecule has 0 radical (unpaired) electrons. The zero-order valence-electron chi connectivity index (χ0n) is 8.90. The van der Waals surface area contributed by atoms with Crippen molar-refractivity contribution in [1.29, 1.82) is 0 Å². The molecule has 1 aliphatic rings. The van der Waals surface area contributed by atoms with Gasteiger partial charge in [-0.2, -0.15) is 11.3 Å². The van der Waals surface area contributed by atoms with Crippen LogP contribution in [-0.4, -0.2) is 37.0 Å². The molecule has 0 saturated carbocycles. The smallest absolute Gasteiger partial charge is 0.254 e. The molecule has 3 nitrogen and oxygen atoms in total. The van der Waals surface area contributed by atoms with Crippen LogP contribution in [0.1, 0.15) is 23.2 Å². The number of rotatable bonds is 2. The lowest BCUT2D eigenvalue weighted by Gasteiger charge is -2.31. The number of hydrogen-bond acceptors (Lipinski definition) is 3. The van der Waals surface area contributed by atoms with Crippen molar-refractivity contribution in [2.75, 3.05) is 20.1 Å². The Bertz CT molecular complexity index is 317. The average molecular weight is 224 g/mol. The maximum Gasteiger partial charge on any atom is 0.254 e. The first-order valence-electron chi connectivity index (χ1n) is 5.29. The van der Waals surface area contributed by atoms with Crippen LogP contribution in [0.5, 0.6) is 0 Å². The van der Waals surface area contributed by atoms with Crippen molar-refractivity contribution < 1.29 is 4.79 Å². The van der Waals surface area contributed by atoms with Crippen LogP contribution in [0.3, 0.4) is 0 Å². The normalized spacial score (nSPS) is 21.3. The van der Waals surface area contributed by atoms with Gasteiger partial charge < -0.3 is 10.2 Å². The fraction of sp³-hybridized carbons (Fsp3) is 0.545. The Labute approximate surface area is 94.1 Å². The molecule has 0 bridgehead atoms. The third kappa shape index (κ3) is 2.38. The number of piperidine rings is 1. The molecule has 1 atom stereocenters. The molecule has 2 rings (SSSR count). The molecule has 0 unspecified atom stereocenters. The first-order chi connectivity index (χ1) is 7.29. The number of hydrogen-bond donors (Lipinski definition) is 1. The number of amides is 1. The quantitative estimate of drug-likeness (QED) is 0.827. The van der Waals surface area contributed by atoms with Crippen LogP contribution in [0, 0.1) is 0 Å². The fourth-order valence-corrected chi connectivity index (χ4v) is 2.55. The number of nitrogens with one attached hydrogen (secondary N) is 1. The highest BCUT2D eigenvalue weighted by Crippen LogP contribution is 2.14. The standard InChI is InChI=1S/C11H16N2OS/c1-13(10-3-2-5-12-7-10)11(14)9-4-6-15-8-9/h4,6,8,10,12H,2-3,5,7H2,1H3/t10-/m1/s1. The van der Waals surface area contributed by atoms with Crippen LogP contribution < -0.4 is 5.32 Å². The third-order valence-corrected chi connectivity index (χ3v) is 3.59. The summed E-state index contributed by atoms with van der Waals surface area (Å²) >= 11 is 1.57. The van der Waals surface area contributed by atoms with Gasteiger partial charge in [-0.1, -0.05) is 0 Å². The van der Waals surface area contributed by atoms with Gasteiger partial charge in [0, 0.05) is 25.0 Å². The molecule has 1 fully saturated rings. The van der Waals surface area contributed by atoms with Gasteiger partial charge in [0.2, 0.25) is 0 Å². The molecular formula is C11H16N2OS. The maximum atomic E-state index is 12.0. The number of nitrogens with zero attached hydrogens (tertiary/aromatic N) is 1. The summed E-state index contributed by atoms with van der Waals surface area (Å²) in [6, 6.07) is 2.24. The first-order valence-corrected chi connectivity index (χ1v) is 6.23. The third-order valence-electron chi connectivity index (χ3n) is 2.91. The van der Waals surface area contributed by atoms with Gasteiger partial charge in [0.05, 0.1) is 5.56 Å². The first kappa shape index (κ1) is 10.6. The molecule has 1 aliphatic heterocycles. The minimum absolute atomic E-state index is 0.143. The summed E-state index contributed by atoms with van der Waals surface area (Å²) in [5.41, 5.74) is 0.813. The van der Waals surface area contributed by atoms with Crippen molar-refractivity contribution in [3.63, 3.8) is 0 Å². The monoisotopic (exact) mass is 224 g/mol. The summed E-state index contributed by atoms with van der Waals surface area (Å²) in [6.07, 6.45) is 2.27. The van der Waals surface area contributed by atoms with Crippen molar-refractivity contribution in [3.05, 3.63) is 22.4 Å². The van der Waals surface area contributed by atoms with E-state index in [1.807, 2.05) is 28.8 Å². The fourth-order valence-electron chi connectivity index (χ4n) is 1.92. The van der Waals surface area contributed by atoms with E-state index in [4.69, 9.17) is 0 Å². The minimum Gasteiger partial charge on any atom is -0.337 e. The zero-order valence-corrected chi connectivity index (χ0v) is 9.72. The van der Waals surface area contributed by atoms with E-state index in [9.17, 15) is 4.79 Å². The van der Waals surface area contributed by atoms with E-state index in [1.165, 1.54) is 0 Å². The second kappa shape index (κ2) is 4.77. The Kier molecular flexibility index (Phi) is 3.38. The predicted octanol–water partition coefficient (Wildman–Crippen LogP) is 1.57. The number of likely N-dealkylation sites (N-methyl/N-ethyl adjacent to an activating group) is 1. The Morgan fingerprint density at radius 2 is 2.53 bits per heavy atom. The van der Waals surface area contributed by atoms with Gasteiger partial charge >= 0.3 is 0 Å². The van der Waals surface area contributed by atoms with Crippen LogP contribution >= 0.6 is 11.3 Å². The lowest BCUT2D eigenvalue weighted by Crippen LogP contribution is -2.46. The topological polar surface area (TPSA) is 32.3 Å². The Balaban J connectivity index is 2.00. The van der Waals surface area contributed by atoms with Crippen molar-refractivity contribution in [2.24, 2.45) is 0 Å². The van der Waals surface area contributed by atoms with Gasteiger partial charge in [-0.05, 0) is 30.8 Å². The second-order valence-electron chi connectivity index (χ2n) is 3.93. The van der Waals surface area contributed by atoms with Gasteiger partial charge in [-0.15, -0.1) is 0 Å². The van der Waals surface area contributed by atoms with Crippen molar-refractivity contribution >= 4 is 17.2 Å². The van der Waals surface area contributed by atoms with Crippen LogP contribution in [-0.2, 0) is 0 Å². The Hall–Kier alpha value is -0.870. The molecular weight excluding hydrogens is 208 g/mol. The van der Waals surface area contributed by atoms with E-state index in [0.717, 1.165) is 31.5 Å². The molecule has 15 heavy (non-hydrogen) atoms. The molecule has 2 heterocycles. The van der Waals surface area contributed by atoms with Crippen LogP contribution in [0.2, 0.25) is 0 Å². The highest BCUT2D eigenvalue weighted by Gasteiger charge is 2.22. The van der Waals surface area contributed by atoms with Gasteiger partial charge in [0.25, 0.3) is 5.91 Å². The number of carbonyl (C=O) groups is 1. The van der Waals surface area contributed by atoms with Gasteiger partial charge in [-0.3, -0.25) is 4.79 Å². The highest BCUT2D eigenvalue weighted by atomic mass is 32.1. The molecule has 4 heteroatoms. The molecule has 1 aromatic rings. The Morgan fingerprint density at radius 3 is 3.13 bits per heavy atom. The van der Waals surface area contributed by atoms with E-state index >= 15 is 0 Å². The molecule has 1 saturated heterocycles. The van der Waals surface area contributed by atoms with E-state index in [2.05, 4.69) is 5.32 Å². The largest absolute Gasteiger partial charge is 0.337 e. The summed E-state index contributed by atoms with van der Waals surface area (Å²) in [5, 5.41) is 7.18. The van der Waals surface area contributed by atoms with Gasteiger partial charge in [0.1, 0.15) is 0 Å². The molecule has 1 N–H and O–H groups in total. The Morgan fingerprint density at radius 1 is 1.67 bits per heavy atom. The summed E-state index contributed by atoms with van der Waals surface area (Å²) in [5.74, 6) is 0.143. The van der Waals surface area contributed by atoms with Crippen LogP contribution in [0.15, 0.2) is 16.8 Å². The molecule has 0 spiro atoms. The van der Waals surface area contributed by atoms with E-state index in [-0.39, 0.29) is 5.91 Å². The van der Waals surface area contributed by atoms with E-state index < -0.39 is 0 Å². The molecule has 0 aromatic carbocycles.